The summed E-state index contributed by atoms with van der Waals surface area (Å²) in [4.78, 5) is 1.21. The molecule has 3 aromatic rings. The van der Waals surface area contributed by atoms with Crippen molar-refractivity contribution in [1.29, 1.82) is 0 Å². The number of halogens is 2. The number of thiophene rings is 1. The number of nitrogens with zero attached hydrogens (tertiary/aromatic N) is 2. The highest BCUT2D eigenvalue weighted by Gasteiger charge is 2.30. The van der Waals surface area contributed by atoms with Crippen LogP contribution in [-0.2, 0) is 0 Å². The maximum atomic E-state index is 13.7. The summed E-state index contributed by atoms with van der Waals surface area (Å²) in [6.45, 7) is 0. The minimum Gasteiger partial charge on any atom is -0.256 e. The number of benzene rings is 2. The van der Waals surface area contributed by atoms with Gasteiger partial charge in [0.1, 0.15) is 5.82 Å². The summed E-state index contributed by atoms with van der Waals surface area (Å²) < 4.78 is 13.7. The molecule has 0 saturated carbocycles. The summed E-state index contributed by atoms with van der Waals surface area (Å²) in [5.74, 6) is -0.257. The Morgan fingerprint density at radius 1 is 1.08 bits per heavy atom. The number of hydrogen-bond acceptors (Lipinski definition) is 3. The Labute approximate surface area is 148 Å². The van der Waals surface area contributed by atoms with Crippen molar-refractivity contribution in [2.75, 3.05) is 5.01 Å². The minimum atomic E-state index is -0.257. The zero-order valence-corrected chi connectivity index (χ0v) is 14.3. The van der Waals surface area contributed by atoms with Crippen molar-refractivity contribution in [3.05, 3.63) is 87.3 Å². The molecule has 2 heterocycles. The third kappa shape index (κ3) is 2.95. The smallest absolute Gasteiger partial charge is 0.125 e. The molecule has 2 aromatic carbocycles. The van der Waals surface area contributed by atoms with Crippen molar-refractivity contribution in [2.45, 2.75) is 12.5 Å². The first-order chi connectivity index (χ1) is 11.7. The summed E-state index contributed by atoms with van der Waals surface area (Å²) in [6.07, 6.45) is 0.776. The molecule has 120 valence electrons. The highest BCUT2D eigenvalue weighted by Crippen LogP contribution is 2.38. The lowest BCUT2D eigenvalue weighted by Crippen LogP contribution is -2.17. The molecule has 1 atom stereocenters. The van der Waals surface area contributed by atoms with Gasteiger partial charge < -0.3 is 0 Å². The van der Waals surface area contributed by atoms with Crippen molar-refractivity contribution in [3.63, 3.8) is 0 Å². The molecule has 0 unspecified atom stereocenters. The van der Waals surface area contributed by atoms with Crippen LogP contribution in [0.2, 0.25) is 5.02 Å². The van der Waals surface area contributed by atoms with E-state index in [1.54, 1.807) is 17.4 Å². The van der Waals surface area contributed by atoms with Crippen LogP contribution in [0.15, 0.2) is 71.1 Å². The van der Waals surface area contributed by atoms with Crippen molar-refractivity contribution >= 4 is 34.3 Å². The quantitative estimate of drug-likeness (QED) is 0.570. The van der Waals surface area contributed by atoms with Gasteiger partial charge in [0.25, 0.3) is 0 Å². The van der Waals surface area contributed by atoms with Gasteiger partial charge in [0, 0.05) is 16.3 Å². The fourth-order valence-corrected chi connectivity index (χ4v) is 3.82. The van der Waals surface area contributed by atoms with Crippen molar-refractivity contribution in [1.82, 2.24) is 0 Å². The molecule has 0 bridgehead atoms. The molecule has 24 heavy (non-hydrogen) atoms. The zero-order valence-electron chi connectivity index (χ0n) is 12.7. The van der Waals surface area contributed by atoms with E-state index < -0.39 is 0 Å². The molecule has 0 amide bonds. The lowest BCUT2D eigenvalue weighted by atomic mass is 10.0. The molecule has 0 radical (unpaired) electrons. The molecule has 2 nitrogen and oxygen atoms in total. The molecule has 1 aromatic heterocycles. The van der Waals surface area contributed by atoms with Crippen molar-refractivity contribution in [3.8, 4) is 0 Å². The van der Waals surface area contributed by atoms with E-state index >= 15 is 0 Å². The Bertz CT molecular complexity index is 875. The van der Waals surface area contributed by atoms with Gasteiger partial charge >= 0.3 is 0 Å². The van der Waals surface area contributed by atoms with Crippen LogP contribution in [0.5, 0.6) is 0 Å². The van der Waals surface area contributed by atoms with E-state index in [0.717, 1.165) is 23.4 Å². The van der Waals surface area contributed by atoms with Gasteiger partial charge in [-0.05, 0) is 47.3 Å². The Hall–Kier alpha value is -2.17. The predicted octanol–water partition coefficient (Wildman–Crippen LogP) is 5.90. The van der Waals surface area contributed by atoms with Gasteiger partial charge in [0.2, 0.25) is 0 Å². The van der Waals surface area contributed by atoms with Crippen LogP contribution in [0, 0.1) is 5.82 Å². The van der Waals surface area contributed by atoms with E-state index in [1.807, 2.05) is 41.4 Å². The molecule has 0 saturated heterocycles. The molecule has 0 aliphatic carbocycles. The molecule has 0 N–H and O–H groups in total. The highest BCUT2D eigenvalue weighted by molar-refractivity contribution is 7.10. The molecular formula is C19H14ClFN2S. The fourth-order valence-electron chi connectivity index (χ4n) is 2.89. The number of hydrogen-bond donors (Lipinski definition) is 0. The Morgan fingerprint density at radius 3 is 2.62 bits per heavy atom. The summed E-state index contributed by atoms with van der Waals surface area (Å²) in [7, 11) is 0. The average Bonchev–Trinajstić information content (AvgIpc) is 3.25. The van der Waals surface area contributed by atoms with Gasteiger partial charge in [-0.3, -0.25) is 5.01 Å². The lowest BCUT2D eigenvalue weighted by molar-refractivity contribution is 0.624. The van der Waals surface area contributed by atoms with Gasteiger partial charge in [-0.25, -0.2) is 4.39 Å². The van der Waals surface area contributed by atoms with Gasteiger partial charge in [-0.2, -0.15) is 5.10 Å². The maximum Gasteiger partial charge on any atom is 0.125 e. The first kappa shape index (κ1) is 15.4. The Balaban J connectivity index is 1.75. The molecule has 0 fully saturated rings. The van der Waals surface area contributed by atoms with Gasteiger partial charge in [-0.1, -0.05) is 35.9 Å². The van der Waals surface area contributed by atoms with E-state index in [1.165, 1.54) is 17.0 Å². The average molecular weight is 357 g/mol. The monoisotopic (exact) mass is 356 g/mol. The summed E-state index contributed by atoms with van der Waals surface area (Å²) in [5.41, 5.74) is 2.78. The van der Waals surface area contributed by atoms with Crippen LogP contribution in [0.4, 0.5) is 10.1 Å². The fraction of sp³-hybridized carbons (Fsp3) is 0.105. The molecule has 1 aliphatic rings. The van der Waals surface area contributed by atoms with Gasteiger partial charge in [0.15, 0.2) is 0 Å². The topological polar surface area (TPSA) is 15.6 Å². The van der Waals surface area contributed by atoms with Crippen molar-refractivity contribution < 1.29 is 4.39 Å². The molecule has 5 heteroatoms. The normalized spacial score (nSPS) is 17.2. The van der Waals surface area contributed by atoms with E-state index in [2.05, 4.69) is 11.4 Å². The van der Waals surface area contributed by atoms with Gasteiger partial charge in [-0.15, -0.1) is 11.3 Å². The first-order valence-corrected chi connectivity index (χ1v) is 8.88. The van der Waals surface area contributed by atoms with Crippen molar-refractivity contribution in [2.24, 2.45) is 5.10 Å². The molecule has 4 rings (SSSR count). The van der Waals surface area contributed by atoms with Gasteiger partial charge in [0.05, 0.1) is 17.4 Å². The first-order valence-electron chi connectivity index (χ1n) is 7.62. The van der Waals surface area contributed by atoms with E-state index in [9.17, 15) is 4.39 Å². The summed E-state index contributed by atoms with van der Waals surface area (Å²) in [6, 6.07) is 18.5. The van der Waals surface area contributed by atoms with Crippen LogP contribution in [0.1, 0.15) is 22.9 Å². The summed E-state index contributed by atoms with van der Waals surface area (Å²) >= 11 is 7.67. The largest absolute Gasteiger partial charge is 0.256 e. The standard InChI is InChI=1S/C19H14ClFN2S/c20-14-8-6-13(7-9-14)17-12-18(19-5-2-10-24-19)23(22-17)16-4-1-3-15(21)11-16/h1-11,18H,12H2/t18-/m0/s1. The molecular weight excluding hydrogens is 343 g/mol. The second-order valence-electron chi connectivity index (χ2n) is 5.61. The van der Waals surface area contributed by atoms with Crippen LogP contribution in [-0.4, -0.2) is 5.71 Å². The second-order valence-corrected chi connectivity index (χ2v) is 7.03. The number of rotatable bonds is 3. The Morgan fingerprint density at radius 2 is 1.92 bits per heavy atom. The predicted molar refractivity (Wildman–Crippen MR) is 98.5 cm³/mol. The van der Waals surface area contributed by atoms with Crippen LogP contribution < -0.4 is 5.01 Å². The number of anilines is 1. The zero-order chi connectivity index (χ0) is 16.5. The highest BCUT2D eigenvalue weighted by atomic mass is 35.5. The SMILES string of the molecule is Fc1cccc(N2N=C(c3ccc(Cl)cc3)C[C@H]2c2cccs2)c1. The Kier molecular flexibility index (Phi) is 4.08. The maximum absolute atomic E-state index is 13.7. The lowest BCUT2D eigenvalue weighted by Gasteiger charge is -2.22. The van der Waals surface area contributed by atoms with Crippen LogP contribution in [0.25, 0.3) is 0 Å². The second kappa shape index (κ2) is 6.38. The third-order valence-electron chi connectivity index (χ3n) is 4.03. The minimum absolute atomic E-state index is 0.0810. The van der Waals surface area contributed by atoms with Crippen LogP contribution >= 0.6 is 22.9 Å². The third-order valence-corrected chi connectivity index (χ3v) is 5.26. The van der Waals surface area contributed by atoms with E-state index in [0.29, 0.717) is 5.02 Å². The van der Waals surface area contributed by atoms with E-state index in [4.69, 9.17) is 16.7 Å². The number of hydrazone groups is 1. The molecule has 1 aliphatic heterocycles. The van der Waals surface area contributed by atoms with Crippen LogP contribution in [0.3, 0.4) is 0 Å². The molecule has 0 spiro atoms. The van der Waals surface area contributed by atoms with E-state index in [-0.39, 0.29) is 11.9 Å². The summed E-state index contributed by atoms with van der Waals surface area (Å²) in [5, 5.41) is 9.46.